The smallest absolute Gasteiger partial charge is 0.0406 e. The molecule has 0 saturated carbocycles. The monoisotopic (exact) mass is 296 g/mol. The fraction of sp³-hybridized carbons (Fsp3) is 0. The van der Waals surface area contributed by atoms with Gasteiger partial charge in [0.1, 0.15) is 0 Å². The Morgan fingerprint density at radius 2 is 1.05 bits per heavy atom. The molecule has 3 aromatic carbocycles. The van der Waals surface area contributed by atoms with Crippen molar-refractivity contribution in [3.05, 3.63) is 83.9 Å². The van der Waals surface area contributed by atoms with Crippen molar-refractivity contribution in [2.75, 3.05) is 0 Å². The number of benzene rings is 3. The number of halogens is 1. The summed E-state index contributed by atoms with van der Waals surface area (Å²) in [6.45, 7) is 0. The van der Waals surface area contributed by atoms with Crippen molar-refractivity contribution >= 4 is 23.4 Å². The largest absolute Gasteiger partial charge is 0.0901 e. The molecule has 0 bridgehead atoms. The first-order valence-electron chi connectivity index (χ1n) is 6.40. The van der Waals surface area contributed by atoms with Crippen molar-refractivity contribution in [2.45, 2.75) is 9.79 Å². The highest BCUT2D eigenvalue weighted by Gasteiger charge is 2.00. The summed E-state index contributed by atoms with van der Waals surface area (Å²) in [5, 5.41) is 0.772. The fourth-order valence-electron chi connectivity index (χ4n) is 1.98. The molecule has 0 saturated heterocycles. The van der Waals surface area contributed by atoms with Crippen LogP contribution in [-0.2, 0) is 0 Å². The Hall–Kier alpha value is -1.70. The Balaban J connectivity index is 1.78. The minimum Gasteiger partial charge on any atom is -0.0901 e. The van der Waals surface area contributed by atoms with Crippen LogP contribution in [0.25, 0.3) is 11.1 Å². The molecule has 0 aliphatic rings. The van der Waals surface area contributed by atoms with Crippen molar-refractivity contribution in [1.29, 1.82) is 0 Å². The summed E-state index contributed by atoms with van der Waals surface area (Å²) in [5.41, 5.74) is 2.49. The molecule has 0 spiro atoms. The second-order valence-corrected chi connectivity index (χ2v) is 6.03. The number of rotatable bonds is 3. The molecule has 0 fully saturated rings. The molecule has 3 rings (SSSR count). The first-order chi connectivity index (χ1) is 9.81. The lowest BCUT2D eigenvalue weighted by Gasteiger charge is -2.04. The molecule has 98 valence electrons. The van der Waals surface area contributed by atoms with Crippen molar-refractivity contribution in [2.24, 2.45) is 0 Å². The van der Waals surface area contributed by atoms with Crippen molar-refractivity contribution in [1.82, 2.24) is 0 Å². The molecule has 3 aromatic rings. The quantitative estimate of drug-likeness (QED) is 0.558. The van der Waals surface area contributed by atoms with E-state index < -0.39 is 0 Å². The Morgan fingerprint density at radius 3 is 1.65 bits per heavy atom. The van der Waals surface area contributed by atoms with Crippen LogP contribution in [0.3, 0.4) is 0 Å². The lowest BCUT2D eigenvalue weighted by Crippen LogP contribution is -1.78. The van der Waals surface area contributed by atoms with Gasteiger partial charge in [0.25, 0.3) is 0 Å². The zero-order valence-corrected chi connectivity index (χ0v) is 12.4. The zero-order chi connectivity index (χ0) is 13.8. The third kappa shape index (κ3) is 3.24. The third-order valence-corrected chi connectivity index (χ3v) is 4.28. The van der Waals surface area contributed by atoms with Gasteiger partial charge in [0.15, 0.2) is 0 Å². The summed E-state index contributed by atoms with van der Waals surface area (Å²) in [6, 6.07) is 27.0. The van der Waals surface area contributed by atoms with E-state index in [4.69, 9.17) is 11.6 Å². The van der Waals surface area contributed by atoms with Gasteiger partial charge in [-0.1, -0.05) is 65.8 Å². The summed E-state index contributed by atoms with van der Waals surface area (Å²) in [5.74, 6) is 0. The van der Waals surface area contributed by atoms with Crippen LogP contribution in [0.2, 0.25) is 5.02 Å². The van der Waals surface area contributed by atoms with Gasteiger partial charge >= 0.3 is 0 Å². The lowest BCUT2D eigenvalue weighted by molar-refractivity contribution is 1.40. The maximum absolute atomic E-state index is 5.89. The van der Waals surface area contributed by atoms with Gasteiger partial charge in [-0.25, -0.2) is 0 Å². The Kier molecular flexibility index (Phi) is 4.10. The second-order valence-electron chi connectivity index (χ2n) is 4.45. The molecule has 2 heteroatoms. The Labute approximate surface area is 128 Å². The molecule has 0 aliphatic heterocycles. The molecule has 0 atom stereocenters. The van der Waals surface area contributed by atoms with Gasteiger partial charge in [-0.15, -0.1) is 0 Å². The van der Waals surface area contributed by atoms with Crippen LogP contribution in [-0.4, -0.2) is 0 Å². The van der Waals surface area contributed by atoms with Crippen LogP contribution in [0.1, 0.15) is 0 Å². The fourth-order valence-corrected chi connectivity index (χ4v) is 2.93. The number of hydrogen-bond donors (Lipinski definition) is 0. The van der Waals surface area contributed by atoms with E-state index in [1.807, 2.05) is 30.3 Å². The lowest BCUT2D eigenvalue weighted by atomic mass is 10.1. The van der Waals surface area contributed by atoms with Crippen LogP contribution < -0.4 is 0 Å². The topological polar surface area (TPSA) is 0 Å². The minimum absolute atomic E-state index is 0.772. The molecular formula is C18H13ClS. The highest BCUT2D eigenvalue weighted by molar-refractivity contribution is 7.99. The Morgan fingerprint density at radius 1 is 0.550 bits per heavy atom. The first-order valence-corrected chi connectivity index (χ1v) is 7.60. The van der Waals surface area contributed by atoms with E-state index in [0.29, 0.717) is 0 Å². The van der Waals surface area contributed by atoms with Gasteiger partial charge in [-0.05, 0) is 47.5 Å². The van der Waals surface area contributed by atoms with Crippen molar-refractivity contribution in [3.8, 4) is 11.1 Å². The van der Waals surface area contributed by atoms with E-state index in [2.05, 4.69) is 48.5 Å². The SMILES string of the molecule is Clc1ccc(Sc2ccc(-c3ccccc3)cc2)cc1. The molecular weight excluding hydrogens is 284 g/mol. The average Bonchev–Trinajstić information content (AvgIpc) is 2.51. The van der Waals surface area contributed by atoms with Crippen molar-refractivity contribution in [3.63, 3.8) is 0 Å². The molecule has 0 radical (unpaired) electrons. The highest BCUT2D eigenvalue weighted by Crippen LogP contribution is 2.30. The van der Waals surface area contributed by atoms with Crippen LogP contribution >= 0.6 is 23.4 Å². The van der Waals surface area contributed by atoms with E-state index in [1.165, 1.54) is 20.9 Å². The molecule has 20 heavy (non-hydrogen) atoms. The highest BCUT2D eigenvalue weighted by atomic mass is 35.5. The molecule has 0 aromatic heterocycles. The minimum atomic E-state index is 0.772. The molecule has 0 amide bonds. The van der Waals surface area contributed by atoms with E-state index in [1.54, 1.807) is 11.8 Å². The van der Waals surface area contributed by atoms with Gasteiger partial charge in [-0.2, -0.15) is 0 Å². The van der Waals surface area contributed by atoms with Gasteiger partial charge < -0.3 is 0 Å². The normalized spacial score (nSPS) is 10.4. The standard InChI is InChI=1S/C18H13ClS/c19-16-8-12-18(13-9-16)20-17-10-6-15(7-11-17)14-4-2-1-3-5-14/h1-13H. The summed E-state index contributed by atoms with van der Waals surface area (Å²) >= 11 is 7.64. The maximum atomic E-state index is 5.89. The predicted octanol–water partition coefficient (Wildman–Crippen LogP) is 6.16. The Bertz CT molecular complexity index is 673. The second kappa shape index (κ2) is 6.17. The van der Waals surface area contributed by atoms with Crippen molar-refractivity contribution < 1.29 is 0 Å². The summed E-state index contributed by atoms with van der Waals surface area (Å²) in [6.07, 6.45) is 0. The summed E-state index contributed by atoms with van der Waals surface area (Å²) in [4.78, 5) is 2.42. The van der Waals surface area contributed by atoms with Gasteiger partial charge in [0, 0.05) is 14.8 Å². The van der Waals surface area contributed by atoms with Crippen LogP contribution in [0.15, 0.2) is 88.7 Å². The van der Waals surface area contributed by atoms with E-state index in [0.717, 1.165) is 5.02 Å². The molecule has 0 aliphatic carbocycles. The van der Waals surface area contributed by atoms with Crippen LogP contribution in [0, 0.1) is 0 Å². The van der Waals surface area contributed by atoms with E-state index in [9.17, 15) is 0 Å². The van der Waals surface area contributed by atoms with E-state index >= 15 is 0 Å². The zero-order valence-electron chi connectivity index (χ0n) is 10.8. The molecule has 0 unspecified atom stereocenters. The molecule has 0 heterocycles. The predicted molar refractivity (Wildman–Crippen MR) is 87.5 cm³/mol. The summed E-state index contributed by atoms with van der Waals surface area (Å²) < 4.78 is 0. The van der Waals surface area contributed by atoms with Crippen LogP contribution in [0.4, 0.5) is 0 Å². The molecule has 0 N–H and O–H groups in total. The maximum Gasteiger partial charge on any atom is 0.0406 e. The van der Waals surface area contributed by atoms with Gasteiger partial charge in [0.05, 0.1) is 0 Å². The number of hydrogen-bond acceptors (Lipinski definition) is 1. The average molecular weight is 297 g/mol. The first kappa shape index (κ1) is 13.3. The third-order valence-electron chi connectivity index (χ3n) is 3.01. The van der Waals surface area contributed by atoms with Gasteiger partial charge in [0.2, 0.25) is 0 Å². The van der Waals surface area contributed by atoms with Crippen LogP contribution in [0.5, 0.6) is 0 Å². The summed E-state index contributed by atoms with van der Waals surface area (Å²) in [7, 11) is 0. The van der Waals surface area contributed by atoms with Gasteiger partial charge in [-0.3, -0.25) is 0 Å². The van der Waals surface area contributed by atoms with E-state index in [-0.39, 0.29) is 0 Å². The molecule has 0 nitrogen and oxygen atoms in total.